The average molecular weight is 645 g/mol. The largest absolute Gasteiger partial charge is 0.508 e. The van der Waals surface area contributed by atoms with Crippen LogP contribution in [0.5, 0.6) is 5.75 Å². The standard InChI is InChI=1S/C29H18F6N6OS2/c1-37-23-10-7-19(14-22(23)29(33,34)35)40-24(27(11-2-12-27)41(26(40)44)18-5-8-20(42)9-6-18)39-25(43)38-17-4-3-16(15-36)21(13-17)28(30,31)32/h3-10,13-14,42H,2,11-12H2,(H,38,43). The minimum Gasteiger partial charge on any atom is -0.508 e. The van der Waals surface area contributed by atoms with Crippen LogP contribution in [0.15, 0.2) is 65.7 Å². The van der Waals surface area contributed by atoms with Crippen molar-refractivity contribution in [2.75, 3.05) is 15.1 Å². The van der Waals surface area contributed by atoms with Crippen LogP contribution in [0, 0.1) is 17.9 Å². The maximum absolute atomic E-state index is 13.9. The summed E-state index contributed by atoms with van der Waals surface area (Å²) >= 11 is 11.2. The Balaban J connectivity index is 1.64. The Morgan fingerprint density at radius 1 is 0.977 bits per heavy atom. The highest BCUT2D eigenvalue weighted by Gasteiger charge is 2.58. The van der Waals surface area contributed by atoms with E-state index in [0.717, 1.165) is 18.2 Å². The molecule has 1 aliphatic heterocycles. The lowest BCUT2D eigenvalue weighted by Gasteiger charge is -2.44. The third kappa shape index (κ3) is 5.40. The number of nitrogens with one attached hydrogen (secondary N) is 1. The lowest BCUT2D eigenvalue weighted by Crippen LogP contribution is -2.55. The molecule has 1 spiro atoms. The van der Waals surface area contributed by atoms with Crippen molar-refractivity contribution in [3.05, 3.63) is 88.8 Å². The molecule has 1 saturated carbocycles. The molecule has 0 radical (unpaired) electrons. The summed E-state index contributed by atoms with van der Waals surface area (Å²) in [6, 6.07) is 13.5. The summed E-state index contributed by atoms with van der Waals surface area (Å²) in [6.45, 7) is 7.19. The fourth-order valence-electron chi connectivity index (χ4n) is 5.18. The first-order chi connectivity index (χ1) is 20.7. The zero-order valence-corrected chi connectivity index (χ0v) is 23.8. The van der Waals surface area contributed by atoms with Crippen LogP contribution < -0.4 is 15.1 Å². The molecule has 5 rings (SSSR count). The highest BCUT2D eigenvalue weighted by atomic mass is 32.1. The van der Waals surface area contributed by atoms with Gasteiger partial charge in [0.15, 0.2) is 15.9 Å². The smallest absolute Gasteiger partial charge is 0.417 e. The number of alkyl halides is 6. The lowest BCUT2D eigenvalue weighted by atomic mass is 9.74. The number of phenolic OH excluding ortho intramolecular Hbond substituents is 1. The topological polar surface area (TPSA) is 79.2 Å². The molecule has 3 aromatic rings. The second-order valence-electron chi connectivity index (χ2n) is 9.90. The van der Waals surface area contributed by atoms with Gasteiger partial charge in [-0.1, -0.05) is 6.07 Å². The van der Waals surface area contributed by atoms with E-state index in [0.29, 0.717) is 31.0 Å². The van der Waals surface area contributed by atoms with Crippen LogP contribution in [0.25, 0.3) is 4.85 Å². The normalized spacial score (nSPS) is 16.9. The fraction of sp³-hybridized carbons (Fsp3) is 0.207. The molecular weight excluding hydrogens is 626 g/mol. The van der Waals surface area contributed by atoms with E-state index in [4.69, 9.17) is 36.3 Å². The summed E-state index contributed by atoms with van der Waals surface area (Å²) in [5, 5.41) is 21.3. The van der Waals surface area contributed by atoms with Gasteiger partial charge >= 0.3 is 12.4 Å². The van der Waals surface area contributed by atoms with Crippen LogP contribution in [0.2, 0.25) is 0 Å². The van der Waals surface area contributed by atoms with Gasteiger partial charge in [-0.3, -0.25) is 4.90 Å². The van der Waals surface area contributed by atoms with E-state index in [2.05, 4.69) is 15.2 Å². The number of aromatic hydroxyl groups is 1. The molecule has 2 fully saturated rings. The third-order valence-corrected chi connectivity index (χ3v) is 7.85. The summed E-state index contributed by atoms with van der Waals surface area (Å²) < 4.78 is 82.4. The zero-order valence-electron chi connectivity index (χ0n) is 22.2. The van der Waals surface area contributed by atoms with Crippen molar-refractivity contribution >= 4 is 63.2 Å². The predicted molar refractivity (Wildman–Crippen MR) is 160 cm³/mol. The Hall–Kier alpha value is -4.73. The van der Waals surface area contributed by atoms with Crippen LogP contribution in [-0.2, 0) is 12.4 Å². The van der Waals surface area contributed by atoms with Gasteiger partial charge in [0.25, 0.3) is 0 Å². The summed E-state index contributed by atoms with van der Waals surface area (Å²) in [6.07, 6.45) is -8.08. The number of hydrogen-bond donors (Lipinski definition) is 2. The minimum absolute atomic E-state index is 0.0251. The lowest BCUT2D eigenvalue weighted by molar-refractivity contribution is -0.138. The number of hydrogen-bond acceptors (Lipinski definition) is 4. The highest BCUT2D eigenvalue weighted by Crippen LogP contribution is 2.49. The third-order valence-electron chi connectivity index (χ3n) is 7.30. The monoisotopic (exact) mass is 644 g/mol. The Kier molecular flexibility index (Phi) is 7.73. The number of aliphatic imine (C=N–C) groups is 1. The van der Waals surface area contributed by atoms with Crippen LogP contribution in [0.1, 0.15) is 36.0 Å². The molecular formula is C29H18F6N6OS2. The van der Waals surface area contributed by atoms with Gasteiger partial charge in [-0.25, -0.2) is 9.84 Å². The van der Waals surface area contributed by atoms with Crippen molar-refractivity contribution in [1.29, 1.82) is 5.26 Å². The number of nitrogens with zero attached hydrogens (tertiary/aromatic N) is 5. The van der Waals surface area contributed by atoms with Crippen LogP contribution >= 0.6 is 24.4 Å². The fourth-order valence-corrected chi connectivity index (χ4v) is 5.85. The molecule has 15 heteroatoms. The van der Waals surface area contributed by atoms with Crippen LogP contribution in [0.3, 0.4) is 0 Å². The molecule has 0 unspecified atom stereocenters. The molecule has 2 aliphatic rings. The van der Waals surface area contributed by atoms with Gasteiger partial charge in [-0.15, -0.1) is 0 Å². The molecule has 44 heavy (non-hydrogen) atoms. The Morgan fingerprint density at radius 2 is 1.61 bits per heavy atom. The first kappa shape index (κ1) is 30.7. The predicted octanol–water partition coefficient (Wildman–Crippen LogP) is 8.18. The van der Waals surface area contributed by atoms with Crippen LogP contribution in [0.4, 0.5) is 49.1 Å². The minimum atomic E-state index is -4.86. The van der Waals surface area contributed by atoms with Crippen LogP contribution in [-0.4, -0.2) is 26.7 Å². The van der Waals surface area contributed by atoms with E-state index in [1.165, 1.54) is 35.2 Å². The van der Waals surface area contributed by atoms with Gasteiger partial charge in [-0.2, -0.15) is 31.6 Å². The Bertz CT molecular complexity index is 1790. The Labute approximate surface area is 257 Å². The van der Waals surface area contributed by atoms with Crippen molar-refractivity contribution in [2.45, 2.75) is 37.2 Å². The van der Waals surface area contributed by atoms with Gasteiger partial charge in [0, 0.05) is 17.1 Å². The molecule has 7 nitrogen and oxygen atoms in total. The summed E-state index contributed by atoms with van der Waals surface area (Å²) in [5.41, 5.74) is -4.21. The SMILES string of the molecule is [C-]#[N+]c1ccc(N2C(=S)N(c3ccc(O)cc3)C3(CCC3)C2=NC(=S)Nc2ccc(C#N)c(C(F)(F)F)c2)cc1C(F)(F)F. The van der Waals surface area contributed by atoms with Gasteiger partial charge < -0.3 is 15.3 Å². The van der Waals surface area contributed by atoms with E-state index in [1.807, 2.05) is 0 Å². The average Bonchev–Trinajstić information content (AvgIpc) is 3.20. The summed E-state index contributed by atoms with van der Waals surface area (Å²) in [4.78, 5) is 10.5. The Morgan fingerprint density at radius 3 is 2.16 bits per heavy atom. The van der Waals surface area contributed by atoms with Crippen molar-refractivity contribution in [3.8, 4) is 11.8 Å². The quantitative estimate of drug-likeness (QED) is 0.169. The van der Waals surface area contributed by atoms with E-state index in [-0.39, 0.29) is 33.2 Å². The number of thiocarbonyl (C=S) groups is 2. The molecule has 0 amide bonds. The number of halogens is 6. The molecule has 2 N–H and O–H groups in total. The number of benzene rings is 3. The summed E-state index contributed by atoms with van der Waals surface area (Å²) in [5.74, 6) is 0.107. The summed E-state index contributed by atoms with van der Waals surface area (Å²) in [7, 11) is 0. The van der Waals surface area contributed by atoms with E-state index in [9.17, 15) is 31.4 Å². The van der Waals surface area contributed by atoms with E-state index < -0.39 is 40.3 Å². The molecule has 0 atom stereocenters. The van der Waals surface area contributed by atoms with Crippen molar-refractivity contribution < 1.29 is 31.4 Å². The van der Waals surface area contributed by atoms with E-state index in [1.54, 1.807) is 17.0 Å². The number of phenols is 1. The number of nitriles is 1. The molecule has 1 saturated heterocycles. The molecule has 3 aromatic carbocycles. The van der Waals surface area contributed by atoms with Gasteiger partial charge in [0.05, 0.1) is 29.3 Å². The van der Waals surface area contributed by atoms with Crippen molar-refractivity contribution in [2.24, 2.45) is 4.99 Å². The number of rotatable bonds is 3. The molecule has 0 aromatic heterocycles. The number of anilines is 3. The maximum Gasteiger partial charge on any atom is 0.417 e. The molecule has 1 aliphatic carbocycles. The molecule has 1 heterocycles. The van der Waals surface area contributed by atoms with E-state index >= 15 is 0 Å². The highest BCUT2D eigenvalue weighted by molar-refractivity contribution is 7.81. The number of amidine groups is 1. The second-order valence-corrected chi connectivity index (χ2v) is 10.7. The van der Waals surface area contributed by atoms with Gasteiger partial charge in [0.2, 0.25) is 0 Å². The van der Waals surface area contributed by atoms with Gasteiger partial charge in [-0.05, 0) is 98.3 Å². The molecule has 0 bridgehead atoms. The first-order valence-electron chi connectivity index (χ1n) is 12.7. The zero-order chi connectivity index (χ0) is 32.0. The van der Waals surface area contributed by atoms with Crippen molar-refractivity contribution in [1.82, 2.24) is 0 Å². The molecule has 224 valence electrons. The van der Waals surface area contributed by atoms with Crippen molar-refractivity contribution in [3.63, 3.8) is 0 Å². The first-order valence-corrected chi connectivity index (χ1v) is 13.5. The second kappa shape index (κ2) is 11.1. The van der Waals surface area contributed by atoms with Gasteiger partial charge in [0.1, 0.15) is 17.1 Å². The maximum atomic E-state index is 13.9.